The molecule has 5 nitrogen and oxygen atoms in total. The number of likely N-dealkylation sites (tertiary alicyclic amines) is 1. The number of piperidine rings is 1. The highest BCUT2D eigenvalue weighted by Gasteiger charge is 2.24. The minimum atomic E-state index is -1.37. The lowest BCUT2D eigenvalue weighted by molar-refractivity contribution is 0.222. The first-order valence-corrected chi connectivity index (χ1v) is 11.9. The molecule has 1 aromatic carbocycles. The summed E-state index contributed by atoms with van der Waals surface area (Å²) in [5.74, 6) is 1.17. The zero-order valence-corrected chi connectivity index (χ0v) is 20.1. The van der Waals surface area contributed by atoms with Gasteiger partial charge in [-0.25, -0.2) is 23.7 Å². The molecule has 7 heteroatoms. The molecule has 1 fully saturated rings. The fourth-order valence-corrected chi connectivity index (χ4v) is 4.84. The summed E-state index contributed by atoms with van der Waals surface area (Å²) >= 11 is 0. The highest BCUT2D eigenvalue weighted by Crippen LogP contribution is 2.34. The minimum absolute atomic E-state index is 0.0721. The second kappa shape index (κ2) is 9.67. The van der Waals surface area contributed by atoms with Gasteiger partial charge in [-0.3, -0.25) is 0 Å². The number of pyridine rings is 1. The van der Waals surface area contributed by atoms with E-state index in [1.165, 1.54) is 18.6 Å². The number of fused-ring (bicyclic) bond motifs is 1. The molecule has 2 aromatic heterocycles. The Hall–Kier alpha value is -2.67. The maximum atomic E-state index is 15.0. The molecule has 1 aliphatic heterocycles. The maximum absolute atomic E-state index is 15.0. The lowest BCUT2D eigenvalue weighted by Gasteiger charge is -2.31. The summed E-state index contributed by atoms with van der Waals surface area (Å²) in [6.45, 7) is 12.6. The monoisotopic (exact) mass is 453 g/mol. The second-order valence-electron chi connectivity index (χ2n) is 9.09. The molecule has 176 valence electrons. The van der Waals surface area contributed by atoms with E-state index < -0.39 is 18.0 Å². The molecule has 3 heterocycles. The molecule has 4 rings (SSSR count). The van der Waals surface area contributed by atoms with E-state index in [0.29, 0.717) is 28.8 Å². The van der Waals surface area contributed by atoms with Crippen molar-refractivity contribution >= 4 is 16.9 Å². The molecule has 1 N–H and O–H groups in total. The molecule has 3 aromatic rings. The fourth-order valence-electron chi connectivity index (χ4n) is 4.84. The van der Waals surface area contributed by atoms with Crippen LogP contribution in [-0.4, -0.2) is 39.5 Å². The Kier molecular flexibility index (Phi) is 6.88. The van der Waals surface area contributed by atoms with Crippen molar-refractivity contribution < 1.29 is 8.78 Å². The first-order chi connectivity index (χ1) is 15.8. The van der Waals surface area contributed by atoms with E-state index in [0.717, 1.165) is 43.6 Å². The number of benzene rings is 1. The standard InChI is InChI=1S/C26H33F2N5/c1-6-33-12-10-19(11-13-33)22-14-23-25(31-18(5)32-26(23)30-17(22)4)29-16(3)21-9-7-8-20(15(2)27)24(21)28/h7-9,14-16,19H,6,10-13H2,1-5H3,(H,29,30,31,32)/t15?,16-/m1/s1. The van der Waals surface area contributed by atoms with Crippen molar-refractivity contribution in [1.29, 1.82) is 0 Å². The third-order valence-corrected chi connectivity index (χ3v) is 6.81. The van der Waals surface area contributed by atoms with Crippen LogP contribution in [0.1, 0.15) is 80.0 Å². The van der Waals surface area contributed by atoms with Crippen molar-refractivity contribution in [3.8, 4) is 0 Å². The van der Waals surface area contributed by atoms with E-state index in [1.807, 2.05) is 20.8 Å². The Morgan fingerprint density at radius 3 is 2.45 bits per heavy atom. The predicted octanol–water partition coefficient (Wildman–Crippen LogP) is 6.18. The minimum Gasteiger partial charge on any atom is -0.363 e. The number of hydrogen-bond donors (Lipinski definition) is 1. The van der Waals surface area contributed by atoms with Gasteiger partial charge in [0, 0.05) is 16.8 Å². The number of alkyl halides is 1. The normalized spacial score (nSPS) is 17.3. The van der Waals surface area contributed by atoms with Crippen molar-refractivity contribution in [3.05, 3.63) is 58.3 Å². The van der Waals surface area contributed by atoms with E-state index in [-0.39, 0.29) is 5.56 Å². The average molecular weight is 454 g/mol. The molecule has 1 unspecified atom stereocenters. The summed E-state index contributed by atoms with van der Waals surface area (Å²) in [7, 11) is 0. The molecular weight excluding hydrogens is 420 g/mol. The average Bonchev–Trinajstić information content (AvgIpc) is 2.78. The number of halogens is 2. The predicted molar refractivity (Wildman–Crippen MR) is 129 cm³/mol. The molecule has 1 saturated heterocycles. The van der Waals surface area contributed by atoms with E-state index in [4.69, 9.17) is 4.98 Å². The van der Waals surface area contributed by atoms with Gasteiger partial charge in [-0.2, -0.15) is 0 Å². The van der Waals surface area contributed by atoms with Crippen LogP contribution in [0.3, 0.4) is 0 Å². The molecule has 33 heavy (non-hydrogen) atoms. The lowest BCUT2D eigenvalue weighted by Crippen LogP contribution is -2.32. The second-order valence-corrected chi connectivity index (χ2v) is 9.09. The van der Waals surface area contributed by atoms with Crippen molar-refractivity contribution in [3.63, 3.8) is 0 Å². The quantitative estimate of drug-likeness (QED) is 0.483. The number of aromatic nitrogens is 3. The van der Waals surface area contributed by atoms with E-state index in [2.05, 4.69) is 33.2 Å². The van der Waals surface area contributed by atoms with Crippen LogP contribution in [0.15, 0.2) is 24.3 Å². The number of nitrogens with zero attached hydrogens (tertiary/aromatic N) is 4. The largest absolute Gasteiger partial charge is 0.363 e. The fraction of sp³-hybridized carbons (Fsp3) is 0.500. The van der Waals surface area contributed by atoms with Crippen LogP contribution in [0.25, 0.3) is 11.0 Å². The van der Waals surface area contributed by atoms with Gasteiger partial charge in [0.1, 0.15) is 23.6 Å². The summed E-state index contributed by atoms with van der Waals surface area (Å²) < 4.78 is 28.8. The van der Waals surface area contributed by atoms with Crippen LogP contribution in [0, 0.1) is 19.7 Å². The van der Waals surface area contributed by atoms with Gasteiger partial charge >= 0.3 is 0 Å². The van der Waals surface area contributed by atoms with Gasteiger partial charge < -0.3 is 10.2 Å². The summed E-state index contributed by atoms with van der Waals surface area (Å²) in [5.41, 5.74) is 3.36. The highest BCUT2D eigenvalue weighted by atomic mass is 19.1. The number of anilines is 1. The molecule has 0 amide bonds. The van der Waals surface area contributed by atoms with Crippen LogP contribution in [0.5, 0.6) is 0 Å². The SMILES string of the molecule is CCN1CCC(c2cc3c(N[C@H](C)c4cccc(C(C)F)c4F)nc(C)nc3nc2C)CC1. The van der Waals surface area contributed by atoms with Gasteiger partial charge in [0.05, 0.1) is 11.4 Å². The van der Waals surface area contributed by atoms with Gasteiger partial charge in [0.25, 0.3) is 0 Å². The number of hydrogen-bond acceptors (Lipinski definition) is 5. The molecule has 0 bridgehead atoms. The van der Waals surface area contributed by atoms with Gasteiger partial charge in [-0.15, -0.1) is 0 Å². The van der Waals surface area contributed by atoms with E-state index in [9.17, 15) is 8.78 Å². The Bertz CT molecular complexity index is 1140. The van der Waals surface area contributed by atoms with Crippen LogP contribution in [0.2, 0.25) is 0 Å². The number of nitrogens with one attached hydrogen (secondary N) is 1. The lowest BCUT2D eigenvalue weighted by atomic mass is 9.88. The Labute approximate surface area is 194 Å². The van der Waals surface area contributed by atoms with Gasteiger partial charge in [0.2, 0.25) is 0 Å². The summed E-state index contributed by atoms with van der Waals surface area (Å²) in [5, 5.41) is 4.19. The van der Waals surface area contributed by atoms with Crippen LogP contribution < -0.4 is 5.32 Å². The Balaban J connectivity index is 1.70. The van der Waals surface area contributed by atoms with Crippen LogP contribution in [-0.2, 0) is 0 Å². The zero-order chi connectivity index (χ0) is 23.7. The third kappa shape index (κ3) is 4.83. The number of aryl methyl sites for hydroxylation is 2. The highest BCUT2D eigenvalue weighted by molar-refractivity contribution is 5.87. The molecule has 0 spiro atoms. The third-order valence-electron chi connectivity index (χ3n) is 6.81. The Morgan fingerprint density at radius 1 is 1.09 bits per heavy atom. The van der Waals surface area contributed by atoms with Gasteiger partial charge in [-0.1, -0.05) is 25.1 Å². The molecule has 2 atom stereocenters. The van der Waals surface area contributed by atoms with Crippen LogP contribution >= 0.6 is 0 Å². The smallest absolute Gasteiger partial charge is 0.165 e. The van der Waals surface area contributed by atoms with Crippen molar-refractivity contribution in [1.82, 2.24) is 19.9 Å². The van der Waals surface area contributed by atoms with Gasteiger partial charge in [0.15, 0.2) is 5.65 Å². The van der Waals surface area contributed by atoms with Crippen molar-refractivity contribution in [2.24, 2.45) is 0 Å². The van der Waals surface area contributed by atoms with E-state index in [1.54, 1.807) is 12.1 Å². The Morgan fingerprint density at radius 2 is 1.79 bits per heavy atom. The van der Waals surface area contributed by atoms with E-state index >= 15 is 0 Å². The summed E-state index contributed by atoms with van der Waals surface area (Å²) in [6, 6.07) is 6.62. The molecular formula is C26H33F2N5. The topological polar surface area (TPSA) is 53.9 Å². The molecule has 0 aliphatic carbocycles. The first-order valence-electron chi connectivity index (χ1n) is 11.9. The van der Waals surface area contributed by atoms with Gasteiger partial charge in [-0.05, 0) is 77.7 Å². The van der Waals surface area contributed by atoms with Crippen molar-refractivity contribution in [2.75, 3.05) is 25.0 Å². The summed E-state index contributed by atoms with van der Waals surface area (Å²) in [4.78, 5) is 16.5. The molecule has 1 aliphatic rings. The molecule has 0 radical (unpaired) electrons. The number of rotatable bonds is 6. The maximum Gasteiger partial charge on any atom is 0.165 e. The molecule has 0 saturated carbocycles. The van der Waals surface area contributed by atoms with Crippen molar-refractivity contribution in [2.45, 2.75) is 65.6 Å². The summed E-state index contributed by atoms with van der Waals surface area (Å²) in [6.07, 6.45) is 0.841. The first kappa shape index (κ1) is 23.5. The van der Waals surface area contributed by atoms with Crippen LogP contribution in [0.4, 0.5) is 14.6 Å². The zero-order valence-electron chi connectivity index (χ0n) is 20.1.